The number of rotatable bonds is 7. The maximum Gasteiger partial charge on any atom is 0.262 e. The second-order valence-electron chi connectivity index (χ2n) is 5.72. The quantitative estimate of drug-likeness (QED) is 0.664. The van der Waals surface area contributed by atoms with Crippen molar-refractivity contribution in [1.29, 1.82) is 5.26 Å². The Kier molecular flexibility index (Phi) is 6.11. The normalized spacial score (nSPS) is 9.86. The van der Waals surface area contributed by atoms with Gasteiger partial charge in [0, 0.05) is 5.69 Å². The van der Waals surface area contributed by atoms with Crippen molar-refractivity contribution in [2.75, 3.05) is 19.0 Å². The number of para-hydroxylation sites is 3. The van der Waals surface area contributed by atoms with Gasteiger partial charge in [0.1, 0.15) is 17.6 Å². The highest BCUT2D eigenvalue weighted by Crippen LogP contribution is 2.31. The van der Waals surface area contributed by atoms with Gasteiger partial charge in [0.05, 0.1) is 12.7 Å². The van der Waals surface area contributed by atoms with Gasteiger partial charge in [-0.25, -0.2) is 0 Å². The van der Waals surface area contributed by atoms with Crippen LogP contribution in [0, 0.1) is 11.3 Å². The topological polar surface area (TPSA) is 80.6 Å². The Bertz CT molecular complexity index is 994. The Labute approximate surface area is 162 Å². The number of carbonyl (C=O) groups is 1. The highest BCUT2D eigenvalue weighted by Gasteiger charge is 2.08. The Balaban J connectivity index is 1.56. The molecule has 6 nitrogen and oxygen atoms in total. The first kappa shape index (κ1) is 18.8. The predicted molar refractivity (Wildman–Crippen MR) is 105 cm³/mol. The number of nitrogens with one attached hydrogen (secondary N) is 1. The fraction of sp³-hybridized carbons (Fsp3) is 0.0909. The lowest BCUT2D eigenvalue weighted by Crippen LogP contribution is -2.20. The van der Waals surface area contributed by atoms with Crippen molar-refractivity contribution in [1.82, 2.24) is 0 Å². The molecule has 0 aliphatic rings. The van der Waals surface area contributed by atoms with Crippen molar-refractivity contribution in [3.63, 3.8) is 0 Å². The zero-order valence-corrected chi connectivity index (χ0v) is 15.2. The maximum absolute atomic E-state index is 12.1. The fourth-order valence-electron chi connectivity index (χ4n) is 2.46. The average Bonchev–Trinajstić information content (AvgIpc) is 2.74. The van der Waals surface area contributed by atoms with Gasteiger partial charge in [0.25, 0.3) is 5.91 Å². The van der Waals surface area contributed by atoms with Crippen molar-refractivity contribution in [3.8, 4) is 29.1 Å². The van der Waals surface area contributed by atoms with Crippen LogP contribution in [0.3, 0.4) is 0 Å². The number of ether oxygens (including phenoxy) is 3. The lowest BCUT2D eigenvalue weighted by Gasteiger charge is -2.11. The maximum atomic E-state index is 12.1. The third kappa shape index (κ3) is 4.80. The average molecular weight is 374 g/mol. The first-order valence-electron chi connectivity index (χ1n) is 8.52. The Morgan fingerprint density at radius 3 is 2.25 bits per heavy atom. The minimum atomic E-state index is -0.328. The lowest BCUT2D eigenvalue weighted by atomic mass is 10.2. The summed E-state index contributed by atoms with van der Waals surface area (Å²) in [5.41, 5.74) is 0.989. The van der Waals surface area contributed by atoms with Crippen molar-refractivity contribution in [3.05, 3.63) is 78.4 Å². The van der Waals surface area contributed by atoms with Gasteiger partial charge >= 0.3 is 0 Å². The van der Waals surface area contributed by atoms with E-state index in [9.17, 15) is 4.79 Å². The van der Waals surface area contributed by atoms with Crippen molar-refractivity contribution >= 4 is 11.6 Å². The first-order valence-corrected chi connectivity index (χ1v) is 8.52. The van der Waals surface area contributed by atoms with Crippen LogP contribution in [0.25, 0.3) is 0 Å². The van der Waals surface area contributed by atoms with Crippen LogP contribution in [0.4, 0.5) is 5.69 Å². The van der Waals surface area contributed by atoms with Crippen LogP contribution >= 0.6 is 0 Å². The molecule has 6 heteroatoms. The first-order chi connectivity index (χ1) is 13.7. The number of nitriles is 1. The van der Waals surface area contributed by atoms with Crippen LogP contribution in [0.2, 0.25) is 0 Å². The lowest BCUT2D eigenvalue weighted by molar-refractivity contribution is -0.118. The number of hydrogen-bond acceptors (Lipinski definition) is 5. The summed E-state index contributed by atoms with van der Waals surface area (Å²) in [6, 6.07) is 23.1. The summed E-state index contributed by atoms with van der Waals surface area (Å²) in [6.45, 7) is -0.196. The van der Waals surface area contributed by atoms with Crippen molar-refractivity contribution in [2.24, 2.45) is 0 Å². The molecule has 0 atom stereocenters. The summed E-state index contributed by atoms with van der Waals surface area (Å²) >= 11 is 0. The van der Waals surface area contributed by atoms with Gasteiger partial charge in [-0.05, 0) is 48.5 Å². The van der Waals surface area contributed by atoms with Gasteiger partial charge in [-0.3, -0.25) is 4.79 Å². The van der Waals surface area contributed by atoms with E-state index in [0.29, 0.717) is 34.2 Å². The molecule has 0 radical (unpaired) electrons. The second-order valence-corrected chi connectivity index (χ2v) is 5.72. The molecule has 0 heterocycles. The standard InChI is InChI=1S/C22H18N2O4/c1-26-20-8-4-5-9-21(20)28-18-12-10-17(11-13-18)24-22(25)15-27-19-7-3-2-6-16(19)14-23/h2-13H,15H2,1H3,(H,24,25). The monoisotopic (exact) mass is 374 g/mol. The molecule has 0 unspecified atom stereocenters. The molecule has 0 fully saturated rings. The van der Waals surface area contributed by atoms with E-state index in [1.165, 1.54) is 0 Å². The number of methoxy groups -OCH3 is 1. The Hall–Kier alpha value is -3.98. The summed E-state index contributed by atoms with van der Waals surface area (Å²) in [7, 11) is 1.58. The molecule has 1 amide bonds. The van der Waals surface area contributed by atoms with Crippen LogP contribution in [0.1, 0.15) is 5.56 Å². The molecule has 0 saturated heterocycles. The molecular formula is C22H18N2O4. The smallest absolute Gasteiger partial charge is 0.262 e. The summed E-state index contributed by atoms with van der Waals surface area (Å²) in [5.74, 6) is 1.90. The molecule has 0 aromatic heterocycles. The molecule has 0 bridgehead atoms. The van der Waals surface area contributed by atoms with E-state index >= 15 is 0 Å². The summed E-state index contributed by atoms with van der Waals surface area (Å²) in [4.78, 5) is 12.1. The van der Waals surface area contributed by atoms with Gasteiger partial charge in [-0.2, -0.15) is 5.26 Å². The molecule has 0 aliphatic heterocycles. The number of anilines is 1. The van der Waals surface area contributed by atoms with Crippen LogP contribution in [0.5, 0.6) is 23.0 Å². The minimum absolute atomic E-state index is 0.196. The molecule has 0 aliphatic carbocycles. The summed E-state index contributed by atoms with van der Waals surface area (Å²) in [5, 5.41) is 11.8. The highest BCUT2D eigenvalue weighted by atomic mass is 16.5. The van der Waals surface area contributed by atoms with Gasteiger partial charge in [0.2, 0.25) is 0 Å². The number of benzene rings is 3. The molecule has 3 rings (SSSR count). The number of hydrogen-bond donors (Lipinski definition) is 1. The van der Waals surface area contributed by atoms with Crippen LogP contribution < -0.4 is 19.5 Å². The predicted octanol–water partition coefficient (Wildman–Crippen LogP) is 4.38. The second kappa shape index (κ2) is 9.10. The fourth-order valence-corrected chi connectivity index (χ4v) is 2.46. The Morgan fingerprint density at radius 2 is 1.57 bits per heavy atom. The van der Waals surface area contributed by atoms with E-state index in [4.69, 9.17) is 19.5 Å². The molecule has 1 N–H and O–H groups in total. The van der Waals surface area contributed by atoms with Gasteiger partial charge < -0.3 is 19.5 Å². The van der Waals surface area contributed by atoms with Crippen molar-refractivity contribution < 1.29 is 19.0 Å². The van der Waals surface area contributed by atoms with Gasteiger partial charge in [-0.1, -0.05) is 24.3 Å². The number of nitrogens with zero attached hydrogens (tertiary/aromatic N) is 1. The molecule has 0 spiro atoms. The molecule has 28 heavy (non-hydrogen) atoms. The van der Waals surface area contributed by atoms with E-state index in [-0.39, 0.29) is 12.5 Å². The third-order valence-corrected chi connectivity index (χ3v) is 3.80. The van der Waals surface area contributed by atoms with E-state index in [1.807, 2.05) is 30.3 Å². The zero-order chi connectivity index (χ0) is 19.8. The third-order valence-electron chi connectivity index (χ3n) is 3.80. The summed E-state index contributed by atoms with van der Waals surface area (Å²) < 4.78 is 16.5. The number of carbonyl (C=O) groups excluding carboxylic acids is 1. The van der Waals surface area contributed by atoms with Crippen LogP contribution in [0.15, 0.2) is 72.8 Å². The minimum Gasteiger partial charge on any atom is -0.493 e. The Morgan fingerprint density at radius 1 is 0.929 bits per heavy atom. The summed E-state index contributed by atoms with van der Waals surface area (Å²) in [6.07, 6.45) is 0. The SMILES string of the molecule is COc1ccccc1Oc1ccc(NC(=O)COc2ccccc2C#N)cc1. The molecular weight excluding hydrogens is 356 g/mol. The van der Waals surface area contributed by atoms with E-state index in [0.717, 1.165) is 0 Å². The van der Waals surface area contributed by atoms with Crippen molar-refractivity contribution in [2.45, 2.75) is 0 Å². The van der Waals surface area contributed by atoms with Crippen LogP contribution in [-0.4, -0.2) is 19.6 Å². The van der Waals surface area contributed by atoms with E-state index in [1.54, 1.807) is 55.6 Å². The zero-order valence-electron chi connectivity index (χ0n) is 15.2. The molecule has 140 valence electrons. The number of amides is 1. The molecule has 0 saturated carbocycles. The van der Waals surface area contributed by atoms with E-state index < -0.39 is 0 Å². The molecule has 3 aromatic carbocycles. The highest BCUT2D eigenvalue weighted by molar-refractivity contribution is 5.91. The largest absolute Gasteiger partial charge is 0.493 e. The van der Waals surface area contributed by atoms with Gasteiger partial charge in [-0.15, -0.1) is 0 Å². The van der Waals surface area contributed by atoms with E-state index in [2.05, 4.69) is 5.32 Å². The molecule has 3 aromatic rings. The van der Waals surface area contributed by atoms with Crippen LogP contribution in [-0.2, 0) is 4.79 Å². The van der Waals surface area contributed by atoms with Gasteiger partial charge in [0.15, 0.2) is 18.1 Å².